The highest BCUT2D eigenvalue weighted by atomic mass is 16.5. The average molecular weight is 359 g/mol. The summed E-state index contributed by atoms with van der Waals surface area (Å²) in [5, 5.41) is 2.63. The smallest absolute Gasteiger partial charge is 0.338 e. The van der Waals surface area contributed by atoms with Crippen molar-refractivity contribution in [1.82, 2.24) is 0 Å². The number of methoxy groups -OCH3 is 3. The van der Waals surface area contributed by atoms with Crippen LogP contribution < -0.4 is 14.8 Å². The second kappa shape index (κ2) is 9.43. The molecule has 2 rings (SSSR count). The van der Waals surface area contributed by atoms with Gasteiger partial charge in [0.05, 0.1) is 26.4 Å². The lowest BCUT2D eigenvalue weighted by Crippen LogP contribution is -2.21. The zero-order chi connectivity index (χ0) is 18.9. The molecule has 0 aromatic heterocycles. The van der Waals surface area contributed by atoms with Crippen molar-refractivity contribution in [1.29, 1.82) is 0 Å². The van der Waals surface area contributed by atoms with Crippen LogP contribution in [0.25, 0.3) is 0 Å². The van der Waals surface area contributed by atoms with Gasteiger partial charge in [0, 0.05) is 18.9 Å². The van der Waals surface area contributed by atoms with Gasteiger partial charge in [-0.3, -0.25) is 4.79 Å². The van der Waals surface area contributed by atoms with Crippen LogP contribution in [0.4, 0.5) is 5.69 Å². The Labute approximate surface area is 151 Å². The van der Waals surface area contributed by atoms with Gasteiger partial charge in [-0.15, -0.1) is 0 Å². The molecule has 0 aliphatic carbocycles. The van der Waals surface area contributed by atoms with Gasteiger partial charge in [-0.25, -0.2) is 4.79 Å². The highest BCUT2D eigenvalue weighted by Crippen LogP contribution is 2.29. The molecule has 1 N–H and O–H groups in total. The number of hydrogen-bond acceptors (Lipinski definition) is 6. The molecule has 0 radical (unpaired) electrons. The van der Waals surface area contributed by atoms with Gasteiger partial charge in [0.25, 0.3) is 5.91 Å². The summed E-state index contributed by atoms with van der Waals surface area (Å²) in [6.45, 7) is -0.0113. The number of ether oxygens (including phenoxy) is 4. The molecule has 138 valence electrons. The summed E-state index contributed by atoms with van der Waals surface area (Å²) in [4.78, 5) is 24.1. The number of hydrogen-bond donors (Lipinski definition) is 1. The molecule has 0 spiro atoms. The second-order valence-corrected chi connectivity index (χ2v) is 5.33. The van der Waals surface area contributed by atoms with E-state index in [1.165, 1.54) is 14.2 Å². The van der Waals surface area contributed by atoms with Gasteiger partial charge in [0.15, 0.2) is 18.1 Å². The molecular weight excluding hydrogens is 338 g/mol. The van der Waals surface area contributed by atoms with Crippen LogP contribution in [0.2, 0.25) is 0 Å². The maximum atomic E-state index is 12.1. The van der Waals surface area contributed by atoms with E-state index in [0.717, 1.165) is 5.56 Å². The van der Waals surface area contributed by atoms with Crippen molar-refractivity contribution >= 4 is 17.6 Å². The van der Waals surface area contributed by atoms with Crippen LogP contribution in [-0.2, 0) is 20.9 Å². The predicted molar refractivity (Wildman–Crippen MR) is 95.6 cm³/mol. The van der Waals surface area contributed by atoms with Crippen molar-refractivity contribution in [3.05, 3.63) is 53.6 Å². The van der Waals surface area contributed by atoms with E-state index >= 15 is 0 Å². The van der Waals surface area contributed by atoms with Crippen molar-refractivity contribution in [2.45, 2.75) is 6.61 Å². The van der Waals surface area contributed by atoms with Gasteiger partial charge in [0.1, 0.15) is 0 Å². The van der Waals surface area contributed by atoms with Crippen molar-refractivity contribution < 1.29 is 28.5 Å². The Bertz CT molecular complexity index is 774. The predicted octanol–water partition coefficient (Wildman–Crippen LogP) is 2.65. The summed E-state index contributed by atoms with van der Waals surface area (Å²) in [7, 11) is 4.60. The quantitative estimate of drug-likeness (QED) is 0.730. The number of amides is 1. The Hall–Kier alpha value is -3.06. The van der Waals surface area contributed by atoms with Crippen LogP contribution in [0.1, 0.15) is 15.9 Å². The second-order valence-electron chi connectivity index (χ2n) is 5.33. The van der Waals surface area contributed by atoms with Gasteiger partial charge in [0.2, 0.25) is 0 Å². The molecule has 0 unspecified atom stereocenters. The molecule has 0 bridgehead atoms. The van der Waals surface area contributed by atoms with Gasteiger partial charge in [-0.1, -0.05) is 12.1 Å². The highest BCUT2D eigenvalue weighted by Gasteiger charge is 2.12. The first kappa shape index (κ1) is 19.3. The Morgan fingerprint density at radius 2 is 1.73 bits per heavy atom. The van der Waals surface area contributed by atoms with Crippen LogP contribution in [0.15, 0.2) is 42.5 Å². The first-order valence-corrected chi connectivity index (χ1v) is 7.84. The van der Waals surface area contributed by atoms with Crippen LogP contribution >= 0.6 is 0 Å². The van der Waals surface area contributed by atoms with Crippen molar-refractivity contribution in [2.75, 3.05) is 33.3 Å². The lowest BCUT2D eigenvalue weighted by molar-refractivity contribution is -0.119. The van der Waals surface area contributed by atoms with Gasteiger partial charge in [-0.2, -0.15) is 0 Å². The number of benzene rings is 2. The van der Waals surface area contributed by atoms with Crippen LogP contribution in [-0.4, -0.2) is 39.8 Å². The monoisotopic (exact) mass is 359 g/mol. The highest BCUT2D eigenvalue weighted by molar-refractivity contribution is 5.95. The number of anilines is 1. The Balaban J connectivity index is 1.92. The molecule has 0 aliphatic rings. The normalized spacial score (nSPS) is 10.1. The van der Waals surface area contributed by atoms with E-state index in [4.69, 9.17) is 18.9 Å². The maximum Gasteiger partial charge on any atom is 0.338 e. The molecule has 2 aromatic rings. The Morgan fingerprint density at radius 1 is 0.962 bits per heavy atom. The molecule has 7 nitrogen and oxygen atoms in total. The molecule has 0 aliphatic heterocycles. The molecule has 0 fully saturated rings. The summed E-state index contributed by atoms with van der Waals surface area (Å²) in [5.41, 5.74) is 1.71. The molecule has 0 saturated carbocycles. The third-order valence-electron chi connectivity index (χ3n) is 3.48. The molecule has 26 heavy (non-hydrogen) atoms. The lowest BCUT2D eigenvalue weighted by Gasteiger charge is -2.11. The first-order chi connectivity index (χ1) is 12.6. The molecule has 0 heterocycles. The minimum atomic E-state index is -0.578. The number of rotatable bonds is 8. The molecular formula is C19H21NO6. The standard InChI is InChI=1S/C19H21NO6/c1-23-11-13-5-4-6-14(9-13)19(22)26-12-18(21)20-15-7-8-16(24-2)17(10-15)25-3/h4-10H,11-12H2,1-3H3,(H,20,21). The fourth-order valence-electron chi connectivity index (χ4n) is 2.28. The van der Waals surface area contributed by atoms with Crippen molar-refractivity contribution in [2.24, 2.45) is 0 Å². The number of esters is 1. The summed E-state index contributed by atoms with van der Waals surface area (Å²) in [6.07, 6.45) is 0. The zero-order valence-corrected chi connectivity index (χ0v) is 14.9. The number of nitrogens with one attached hydrogen (secondary N) is 1. The van der Waals surface area contributed by atoms with Crippen LogP contribution in [0.3, 0.4) is 0 Å². The average Bonchev–Trinajstić information content (AvgIpc) is 2.66. The van der Waals surface area contributed by atoms with E-state index < -0.39 is 18.5 Å². The molecule has 0 saturated heterocycles. The van der Waals surface area contributed by atoms with E-state index in [1.807, 2.05) is 6.07 Å². The summed E-state index contributed by atoms with van der Waals surface area (Å²) >= 11 is 0. The fourth-order valence-corrected chi connectivity index (χ4v) is 2.28. The third-order valence-corrected chi connectivity index (χ3v) is 3.48. The SMILES string of the molecule is COCc1cccc(C(=O)OCC(=O)Nc2ccc(OC)c(OC)c2)c1. The minimum absolute atomic E-state index is 0.360. The molecule has 2 aromatic carbocycles. The molecule has 1 amide bonds. The summed E-state index contributed by atoms with van der Waals surface area (Å²) in [6, 6.07) is 11.8. The summed E-state index contributed by atoms with van der Waals surface area (Å²) in [5.74, 6) is -0.00542. The maximum absolute atomic E-state index is 12.1. The van der Waals surface area contributed by atoms with Crippen molar-refractivity contribution in [3.63, 3.8) is 0 Å². The topological polar surface area (TPSA) is 83.1 Å². The van der Waals surface area contributed by atoms with Gasteiger partial charge < -0.3 is 24.3 Å². The zero-order valence-electron chi connectivity index (χ0n) is 14.9. The molecule has 0 atom stereocenters. The molecule has 7 heteroatoms. The Morgan fingerprint density at radius 3 is 2.42 bits per heavy atom. The van der Waals surface area contributed by atoms with Crippen LogP contribution in [0, 0.1) is 0 Å². The Kier molecular flexibility index (Phi) is 6.99. The third kappa shape index (κ3) is 5.22. The van der Waals surface area contributed by atoms with E-state index in [1.54, 1.807) is 43.5 Å². The number of carbonyl (C=O) groups excluding carboxylic acids is 2. The van der Waals surface area contributed by atoms with Crippen LogP contribution in [0.5, 0.6) is 11.5 Å². The number of carbonyl (C=O) groups is 2. The van der Waals surface area contributed by atoms with Gasteiger partial charge >= 0.3 is 5.97 Å². The largest absolute Gasteiger partial charge is 0.493 e. The lowest BCUT2D eigenvalue weighted by atomic mass is 10.1. The van der Waals surface area contributed by atoms with E-state index in [-0.39, 0.29) is 0 Å². The van der Waals surface area contributed by atoms with Gasteiger partial charge in [-0.05, 0) is 29.8 Å². The fraction of sp³-hybridized carbons (Fsp3) is 0.263. The van der Waals surface area contributed by atoms with E-state index in [0.29, 0.717) is 29.4 Å². The van der Waals surface area contributed by atoms with E-state index in [9.17, 15) is 9.59 Å². The van der Waals surface area contributed by atoms with Crippen molar-refractivity contribution in [3.8, 4) is 11.5 Å². The summed E-state index contributed by atoms with van der Waals surface area (Å²) < 4.78 is 20.4. The first-order valence-electron chi connectivity index (χ1n) is 7.84. The van der Waals surface area contributed by atoms with E-state index in [2.05, 4.69) is 5.32 Å². The minimum Gasteiger partial charge on any atom is -0.493 e.